The Morgan fingerprint density at radius 3 is 2.39 bits per heavy atom. The lowest BCUT2D eigenvalue weighted by molar-refractivity contribution is 0.330. The second-order valence-corrected chi connectivity index (χ2v) is 5.51. The van der Waals surface area contributed by atoms with Gasteiger partial charge in [0.2, 0.25) is 0 Å². The predicted molar refractivity (Wildman–Crippen MR) is 78.3 cm³/mol. The molecule has 2 rings (SSSR count). The maximum Gasteiger partial charge on any atom is 0.0248 e. The second-order valence-electron chi connectivity index (χ2n) is 5.51. The molecule has 1 fully saturated rings. The zero-order valence-corrected chi connectivity index (χ0v) is 11.4. The molecule has 18 heavy (non-hydrogen) atoms. The molecule has 0 amide bonds. The molecule has 1 aromatic carbocycles. The summed E-state index contributed by atoms with van der Waals surface area (Å²) >= 11 is 0. The third-order valence-electron chi connectivity index (χ3n) is 3.78. The molecule has 0 atom stereocenters. The van der Waals surface area contributed by atoms with Crippen LogP contribution in [0.1, 0.15) is 43.7 Å². The molecule has 0 unspecified atom stereocenters. The molecule has 0 heterocycles. The number of rotatable bonds is 1. The van der Waals surface area contributed by atoms with Crippen LogP contribution < -0.4 is 0 Å². The highest BCUT2D eigenvalue weighted by atomic mass is 14.2. The molecule has 1 aromatic rings. The van der Waals surface area contributed by atoms with Crippen LogP contribution in [-0.2, 0) is 0 Å². The van der Waals surface area contributed by atoms with E-state index in [-0.39, 0.29) is 0 Å². The maximum atomic E-state index is 3.18. The molecule has 0 aliphatic heterocycles. The van der Waals surface area contributed by atoms with Crippen molar-refractivity contribution in [3.05, 3.63) is 47.5 Å². The van der Waals surface area contributed by atoms with Gasteiger partial charge in [0.15, 0.2) is 0 Å². The monoisotopic (exact) mass is 238 g/mol. The van der Waals surface area contributed by atoms with Crippen molar-refractivity contribution in [1.82, 2.24) is 0 Å². The molecule has 0 spiro atoms. The van der Waals surface area contributed by atoms with Crippen molar-refractivity contribution in [2.45, 2.75) is 39.5 Å². The van der Waals surface area contributed by atoms with E-state index in [0.29, 0.717) is 0 Å². The van der Waals surface area contributed by atoms with E-state index in [9.17, 15) is 0 Å². The fourth-order valence-electron chi connectivity index (χ4n) is 2.42. The van der Waals surface area contributed by atoms with E-state index in [1.54, 1.807) is 0 Å². The van der Waals surface area contributed by atoms with Gasteiger partial charge in [0.25, 0.3) is 0 Å². The van der Waals surface area contributed by atoms with Crippen LogP contribution in [0.3, 0.4) is 0 Å². The molecule has 0 aromatic heterocycles. The molecular formula is C18H22. The standard InChI is InChI=1S/C18H22/c1-15-7-11-17(12-8-15)5-3-4-6-18-13-9-16(2)10-14-18/h3,5,9-10,13-15,17H,7-8,11-12H2,1-2H3/b5-3+. The predicted octanol–water partition coefficient (Wildman–Crippen LogP) is 4.73. The van der Waals surface area contributed by atoms with E-state index < -0.39 is 0 Å². The summed E-state index contributed by atoms with van der Waals surface area (Å²) in [6.07, 6.45) is 9.77. The largest absolute Gasteiger partial charge is 0.0730 e. The van der Waals surface area contributed by atoms with Gasteiger partial charge in [-0.15, -0.1) is 0 Å². The van der Waals surface area contributed by atoms with Crippen molar-refractivity contribution in [3.63, 3.8) is 0 Å². The first-order valence-electron chi connectivity index (χ1n) is 6.99. The second kappa shape index (κ2) is 6.45. The van der Waals surface area contributed by atoms with Crippen molar-refractivity contribution >= 4 is 0 Å². The van der Waals surface area contributed by atoms with Gasteiger partial charge >= 0.3 is 0 Å². The SMILES string of the molecule is Cc1ccc(C#C/C=C/C2CCC(C)CC2)cc1. The van der Waals surface area contributed by atoms with Gasteiger partial charge in [-0.3, -0.25) is 0 Å². The third-order valence-corrected chi connectivity index (χ3v) is 3.78. The maximum absolute atomic E-state index is 3.18. The first kappa shape index (κ1) is 13.0. The quantitative estimate of drug-likeness (QED) is 0.620. The summed E-state index contributed by atoms with van der Waals surface area (Å²) in [5.41, 5.74) is 2.38. The topological polar surface area (TPSA) is 0 Å². The Balaban J connectivity index is 1.86. The smallest absolute Gasteiger partial charge is 0.0248 e. The number of allylic oxidation sites excluding steroid dienone is 2. The molecule has 0 saturated heterocycles. The lowest BCUT2D eigenvalue weighted by Gasteiger charge is -2.23. The number of benzene rings is 1. The van der Waals surface area contributed by atoms with E-state index in [4.69, 9.17) is 0 Å². The highest BCUT2D eigenvalue weighted by molar-refractivity contribution is 5.38. The average Bonchev–Trinajstić information content (AvgIpc) is 2.39. The zero-order chi connectivity index (χ0) is 12.8. The van der Waals surface area contributed by atoms with Crippen LogP contribution in [0.15, 0.2) is 36.4 Å². The molecule has 0 N–H and O–H groups in total. The van der Waals surface area contributed by atoms with Gasteiger partial charge in [0, 0.05) is 5.56 Å². The molecule has 0 bridgehead atoms. The molecule has 0 nitrogen and oxygen atoms in total. The molecule has 1 aliphatic rings. The van der Waals surface area contributed by atoms with Gasteiger partial charge in [-0.2, -0.15) is 0 Å². The average molecular weight is 238 g/mol. The summed E-state index contributed by atoms with van der Waals surface area (Å²) in [6, 6.07) is 8.38. The van der Waals surface area contributed by atoms with Crippen LogP contribution in [-0.4, -0.2) is 0 Å². The van der Waals surface area contributed by atoms with Crippen molar-refractivity contribution < 1.29 is 0 Å². The first-order chi connectivity index (χ1) is 8.74. The molecule has 1 aliphatic carbocycles. The Morgan fingerprint density at radius 2 is 1.72 bits per heavy atom. The Hall–Kier alpha value is -1.48. The molecule has 0 radical (unpaired) electrons. The van der Waals surface area contributed by atoms with Gasteiger partial charge in [-0.05, 0) is 49.8 Å². The Morgan fingerprint density at radius 1 is 1.06 bits per heavy atom. The first-order valence-corrected chi connectivity index (χ1v) is 6.99. The van der Waals surface area contributed by atoms with Crippen molar-refractivity contribution in [1.29, 1.82) is 0 Å². The summed E-state index contributed by atoms with van der Waals surface area (Å²) < 4.78 is 0. The van der Waals surface area contributed by atoms with E-state index in [0.717, 1.165) is 17.4 Å². The molecule has 1 saturated carbocycles. The Bertz CT molecular complexity index is 445. The Labute approximate surface area is 111 Å². The summed E-state index contributed by atoms with van der Waals surface area (Å²) in [5, 5.41) is 0. The van der Waals surface area contributed by atoms with Crippen LogP contribution in [0.2, 0.25) is 0 Å². The van der Waals surface area contributed by atoms with Gasteiger partial charge in [0.1, 0.15) is 0 Å². The van der Waals surface area contributed by atoms with E-state index in [1.165, 1.54) is 31.2 Å². The summed E-state index contributed by atoms with van der Waals surface area (Å²) in [5.74, 6) is 8.01. The van der Waals surface area contributed by atoms with E-state index in [2.05, 4.69) is 56.0 Å². The normalized spacial score (nSPS) is 23.7. The number of aryl methyl sites for hydroxylation is 1. The minimum absolute atomic E-state index is 0.758. The third kappa shape index (κ3) is 4.08. The number of hydrogen-bond donors (Lipinski definition) is 0. The van der Waals surface area contributed by atoms with Crippen molar-refractivity contribution in [3.8, 4) is 11.8 Å². The molecule has 94 valence electrons. The van der Waals surface area contributed by atoms with Gasteiger partial charge in [-0.1, -0.05) is 55.4 Å². The summed E-state index contributed by atoms with van der Waals surface area (Å²) in [7, 11) is 0. The van der Waals surface area contributed by atoms with Gasteiger partial charge in [0.05, 0.1) is 0 Å². The lowest BCUT2D eigenvalue weighted by atomic mass is 9.83. The van der Waals surface area contributed by atoms with Gasteiger partial charge < -0.3 is 0 Å². The minimum atomic E-state index is 0.758. The van der Waals surface area contributed by atoms with Crippen LogP contribution in [0.5, 0.6) is 0 Å². The fraction of sp³-hybridized carbons (Fsp3) is 0.444. The van der Waals surface area contributed by atoms with Crippen LogP contribution in [0.25, 0.3) is 0 Å². The number of hydrogen-bond acceptors (Lipinski definition) is 0. The molecule has 0 heteroatoms. The zero-order valence-electron chi connectivity index (χ0n) is 11.4. The van der Waals surface area contributed by atoms with Crippen molar-refractivity contribution in [2.24, 2.45) is 11.8 Å². The molecular weight excluding hydrogens is 216 g/mol. The highest BCUT2D eigenvalue weighted by Crippen LogP contribution is 2.28. The highest BCUT2D eigenvalue weighted by Gasteiger charge is 2.15. The minimum Gasteiger partial charge on any atom is -0.0730 e. The van der Waals surface area contributed by atoms with Crippen molar-refractivity contribution in [2.75, 3.05) is 0 Å². The van der Waals surface area contributed by atoms with Crippen LogP contribution in [0.4, 0.5) is 0 Å². The van der Waals surface area contributed by atoms with Crippen LogP contribution >= 0.6 is 0 Å². The Kier molecular flexibility index (Phi) is 4.65. The fourth-order valence-corrected chi connectivity index (χ4v) is 2.42. The van der Waals surface area contributed by atoms with Crippen LogP contribution in [0, 0.1) is 30.6 Å². The summed E-state index contributed by atoms with van der Waals surface area (Å²) in [4.78, 5) is 0. The summed E-state index contributed by atoms with van der Waals surface area (Å²) in [6.45, 7) is 4.46. The lowest BCUT2D eigenvalue weighted by Crippen LogP contribution is -2.09. The van der Waals surface area contributed by atoms with E-state index >= 15 is 0 Å². The van der Waals surface area contributed by atoms with Gasteiger partial charge in [-0.25, -0.2) is 0 Å². The van der Waals surface area contributed by atoms with E-state index in [1.807, 2.05) is 6.08 Å².